The highest BCUT2D eigenvalue weighted by molar-refractivity contribution is 5.06. The SMILES string of the molecule is CC(C)n1nnnc1CN1CCC(O)C12CCCC2. The smallest absolute Gasteiger partial charge is 0.165 e. The van der Waals surface area contributed by atoms with Crippen LogP contribution in [0.25, 0.3) is 0 Å². The van der Waals surface area contributed by atoms with E-state index in [0.717, 1.165) is 38.2 Å². The van der Waals surface area contributed by atoms with Crippen LogP contribution in [0.1, 0.15) is 57.8 Å². The Kier molecular flexibility index (Phi) is 3.30. The van der Waals surface area contributed by atoms with Gasteiger partial charge < -0.3 is 5.11 Å². The zero-order valence-corrected chi connectivity index (χ0v) is 11.8. The molecule has 106 valence electrons. The van der Waals surface area contributed by atoms with Gasteiger partial charge in [0.05, 0.1) is 18.7 Å². The Labute approximate surface area is 113 Å². The maximum Gasteiger partial charge on any atom is 0.165 e. The maximum absolute atomic E-state index is 10.4. The molecule has 1 spiro atoms. The molecule has 1 atom stereocenters. The lowest BCUT2D eigenvalue weighted by atomic mass is 9.91. The average molecular weight is 265 g/mol. The molecule has 6 heteroatoms. The van der Waals surface area contributed by atoms with Crippen LogP contribution in [0.5, 0.6) is 0 Å². The van der Waals surface area contributed by atoms with E-state index in [1.165, 1.54) is 12.8 Å². The standard InChI is InChI=1S/C13H23N5O/c1-10(2)18-12(14-15-16-18)9-17-8-5-11(19)13(17)6-3-4-7-13/h10-11,19H,3-9H2,1-2H3. The molecule has 1 saturated carbocycles. The maximum atomic E-state index is 10.4. The summed E-state index contributed by atoms with van der Waals surface area (Å²) >= 11 is 0. The van der Waals surface area contributed by atoms with Crippen molar-refractivity contribution in [1.82, 2.24) is 25.1 Å². The third-order valence-corrected chi connectivity index (χ3v) is 4.77. The van der Waals surface area contributed by atoms with E-state index >= 15 is 0 Å². The highest BCUT2D eigenvalue weighted by atomic mass is 16.3. The number of aliphatic hydroxyl groups excluding tert-OH is 1. The Morgan fingerprint density at radius 2 is 2.11 bits per heavy atom. The van der Waals surface area contributed by atoms with E-state index in [9.17, 15) is 5.11 Å². The first-order chi connectivity index (χ1) is 9.13. The highest BCUT2D eigenvalue weighted by Crippen LogP contribution is 2.43. The van der Waals surface area contributed by atoms with Crippen LogP contribution in [0, 0.1) is 0 Å². The second-order valence-electron chi connectivity index (χ2n) is 6.17. The third-order valence-electron chi connectivity index (χ3n) is 4.77. The van der Waals surface area contributed by atoms with Crippen LogP contribution in [0.3, 0.4) is 0 Å². The highest BCUT2D eigenvalue weighted by Gasteiger charge is 2.49. The van der Waals surface area contributed by atoms with Crippen molar-refractivity contribution in [3.63, 3.8) is 0 Å². The van der Waals surface area contributed by atoms with Gasteiger partial charge in [-0.3, -0.25) is 4.90 Å². The van der Waals surface area contributed by atoms with Gasteiger partial charge in [-0.25, -0.2) is 4.68 Å². The molecular formula is C13H23N5O. The van der Waals surface area contributed by atoms with Gasteiger partial charge in [0.1, 0.15) is 0 Å². The van der Waals surface area contributed by atoms with Crippen LogP contribution in [0.4, 0.5) is 0 Å². The van der Waals surface area contributed by atoms with Crippen molar-refractivity contribution in [3.8, 4) is 0 Å². The summed E-state index contributed by atoms with van der Waals surface area (Å²) in [5.74, 6) is 0.912. The van der Waals surface area contributed by atoms with Gasteiger partial charge in [-0.05, 0) is 43.5 Å². The van der Waals surface area contributed by atoms with Crippen LogP contribution in [-0.4, -0.2) is 48.4 Å². The van der Waals surface area contributed by atoms with Crippen LogP contribution < -0.4 is 0 Å². The van der Waals surface area contributed by atoms with Crippen LogP contribution in [-0.2, 0) is 6.54 Å². The first-order valence-corrected chi connectivity index (χ1v) is 7.33. The van der Waals surface area contributed by atoms with Crippen molar-refractivity contribution in [2.45, 2.75) is 70.2 Å². The van der Waals surface area contributed by atoms with E-state index in [4.69, 9.17) is 0 Å². The third kappa shape index (κ3) is 2.07. The van der Waals surface area contributed by atoms with Crippen LogP contribution in [0.15, 0.2) is 0 Å². The molecule has 2 heterocycles. The lowest BCUT2D eigenvalue weighted by Crippen LogP contribution is -2.48. The fraction of sp³-hybridized carbons (Fsp3) is 0.923. The summed E-state index contributed by atoms with van der Waals surface area (Å²) in [6.07, 6.45) is 5.36. The predicted octanol–water partition coefficient (Wildman–Crippen LogP) is 1.13. The summed E-state index contributed by atoms with van der Waals surface area (Å²) in [7, 11) is 0. The fourth-order valence-corrected chi connectivity index (χ4v) is 3.74. The van der Waals surface area contributed by atoms with Crippen molar-refractivity contribution >= 4 is 0 Å². The second-order valence-corrected chi connectivity index (χ2v) is 6.17. The van der Waals surface area contributed by atoms with Gasteiger partial charge in [0.25, 0.3) is 0 Å². The van der Waals surface area contributed by atoms with Gasteiger partial charge in [0.15, 0.2) is 5.82 Å². The molecule has 1 N–H and O–H groups in total. The molecule has 1 saturated heterocycles. The molecule has 1 aliphatic heterocycles. The minimum Gasteiger partial charge on any atom is -0.391 e. The average Bonchev–Trinajstić information content (AvgIpc) is 3.07. The summed E-state index contributed by atoms with van der Waals surface area (Å²) in [6, 6.07) is 0.275. The first-order valence-electron chi connectivity index (χ1n) is 7.33. The van der Waals surface area contributed by atoms with Crippen LogP contribution >= 0.6 is 0 Å². The summed E-state index contributed by atoms with van der Waals surface area (Å²) in [5.41, 5.74) is -0.00619. The molecule has 0 amide bonds. The van der Waals surface area contributed by atoms with Gasteiger partial charge in [-0.1, -0.05) is 12.8 Å². The minimum atomic E-state index is -0.182. The molecule has 19 heavy (non-hydrogen) atoms. The quantitative estimate of drug-likeness (QED) is 0.887. The van der Waals surface area contributed by atoms with E-state index < -0.39 is 0 Å². The van der Waals surface area contributed by atoms with Crippen molar-refractivity contribution in [2.24, 2.45) is 0 Å². The number of tetrazole rings is 1. The topological polar surface area (TPSA) is 67.1 Å². The Balaban J connectivity index is 1.81. The predicted molar refractivity (Wildman–Crippen MR) is 70.4 cm³/mol. The molecule has 2 fully saturated rings. The molecule has 1 aromatic heterocycles. The van der Waals surface area contributed by atoms with E-state index in [2.05, 4.69) is 34.3 Å². The summed E-state index contributed by atoms with van der Waals surface area (Å²) in [4.78, 5) is 2.41. The summed E-state index contributed by atoms with van der Waals surface area (Å²) in [6.45, 7) is 5.88. The van der Waals surface area contributed by atoms with E-state index in [1.807, 2.05) is 4.68 Å². The number of hydrogen-bond donors (Lipinski definition) is 1. The molecular weight excluding hydrogens is 242 g/mol. The minimum absolute atomic E-state index is 0.00619. The Morgan fingerprint density at radius 3 is 2.79 bits per heavy atom. The fourth-order valence-electron chi connectivity index (χ4n) is 3.74. The molecule has 1 aromatic rings. The Morgan fingerprint density at radius 1 is 1.37 bits per heavy atom. The van der Waals surface area contributed by atoms with E-state index in [1.54, 1.807) is 0 Å². The molecule has 0 bridgehead atoms. The summed E-state index contributed by atoms with van der Waals surface area (Å²) in [5, 5.41) is 22.4. The van der Waals surface area contributed by atoms with Gasteiger partial charge in [-0.15, -0.1) is 5.10 Å². The van der Waals surface area contributed by atoms with Gasteiger partial charge in [-0.2, -0.15) is 0 Å². The number of likely N-dealkylation sites (tertiary alicyclic amines) is 1. The second kappa shape index (κ2) is 4.83. The number of aromatic nitrogens is 4. The molecule has 0 aromatic carbocycles. The Bertz CT molecular complexity index is 438. The monoisotopic (exact) mass is 265 g/mol. The van der Waals surface area contributed by atoms with E-state index in [-0.39, 0.29) is 17.7 Å². The normalized spacial score (nSPS) is 26.8. The number of hydrogen-bond acceptors (Lipinski definition) is 5. The van der Waals surface area contributed by atoms with Gasteiger partial charge >= 0.3 is 0 Å². The lowest BCUT2D eigenvalue weighted by Gasteiger charge is -2.37. The van der Waals surface area contributed by atoms with Crippen LogP contribution in [0.2, 0.25) is 0 Å². The molecule has 0 radical (unpaired) electrons. The first kappa shape index (κ1) is 13.0. The van der Waals surface area contributed by atoms with Crippen molar-refractivity contribution in [1.29, 1.82) is 0 Å². The zero-order chi connectivity index (χ0) is 13.5. The summed E-state index contributed by atoms with van der Waals surface area (Å²) < 4.78 is 1.88. The van der Waals surface area contributed by atoms with Crippen molar-refractivity contribution < 1.29 is 5.11 Å². The number of rotatable bonds is 3. The Hall–Kier alpha value is -1.01. The molecule has 6 nitrogen and oxygen atoms in total. The molecule has 1 aliphatic carbocycles. The molecule has 2 aliphatic rings. The number of nitrogens with zero attached hydrogens (tertiary/aromatic N) is 5. The molecule has 3 rings (SSSR count). The lowest BCUT2D eigenvalue weighted by molar-refractivity contribution is 0.0257. The largest absolute Gasteiger partial charge is 0.391 e. The van der Waals surface area contributed by atoms with E-state index in [0.29, 0.717) is 0 Å². The number of aliphatic hydroxyl groups is 1. The molecule has 1 unspecified atom stereocenters. The van der Waals surface area contributed by atoms with Gasteiger partial charge in [0.2, 0.25) is 0 Å². The van der Waals surface area contributed by atoms with Crippen molar-refractivity contribution in [3.05, 3.63) is 5.82 Å². The van der Waals surface area contributed by atoms with Crippen molar-refractivity contribution in [2.75, 3.05) is 6.54 Å². The zero-order valence-electron chi connectivity index (χ0n) is 11.8. The van der Waals surface area contributed by atoms with Gasteiger partial charge in [0, 0.05) is 12.1 Å².